The van der Waals surface area contributed by atoms with Gasteiger partial charge < -0.3 is 15.4 Å². The maximum Gasteiger partial charge on any atom is 0.274 e. The fourth-order valence-electron chi connectivity index (χ4n) is 2.11. The highest BCUT2D eigenvalue weighted by Crippen LogP contribution is 2.25. The average Bonchev–Trinajstić information content (AvgIpc) is 2.46. The van der Waals surface area contributed by atoms with Crippen LogP contribution in [0.2, 0.25) is 0 Å². The van der Waals surface area contributed by atoms with Crippen molar-refractivity contribution < 1.29 is 9.53 Å². The number of amides is 1. The lowest BCUT2D eigenvalue weighted by Gasteiger charge is -2.12. The lowest BCUT2D eigenvalue weighted by molar-refractivity contribution is 0.102. The smallest absolute Gasteiger partial charge is 0.274 e. The van der Waals surface area contributed by atoms with E-state index >= 15 is 0 Å². The molecule has 6 nitrogen and oxygen atoms in total. The first-order valence-electron chi connectivity index (χ1n) is 7.47. The number of methoxy groups -OCH3 is 1. The minimum absolute atomic E-state index is 0.185. The van der Waals surface area contributed by atoms with Crippen LogP contribution in [0.25, 0.3) is 0 Å². The molecule has 0 atom stereocenters. The molecule has 0 aliphatic rings. The van der Waals surface area contributed by atoms with Gasteiger partial charge in [-0.1, -0.05) is 6.07 Å². The number of nitrogens with one attached hydrogen (secondary N) is 2. The topological polar surface area (TPSA) is 76.1 Å². The summed E-state index contributed by atoms with van der Waals surface area (Å²) in [6, 6.07) is 7.45. The van der Waals surface area contributed by atoms with Gasteiger partial charge in [0, 0.05) is 11.7 Å². The van der Waals surface area contributed by atoms with E-state index in [0.29, 0.717) is 23.1 Å². The van der Waals surface area contributed by atoms with Gasteiger partial charge in [0.15, 0.2) is 0 Å². The molecule has 0 aliphatic heterocycles. The Morgan fingerprint density at radius 2 is 1.91 bits per heavy atom. The Bertz CT molecular complexity index is 714. The van der Waals surface area contributed by atoms with Crippen LogP contribution in [0.3, 0.4) is 0 Å². The fourth-order valence-corrected chi connectivity index (χ4v) is 2.11. The van der Waals surface area contributed by atoms with E-state index in [1.165, 1.54) is 0 Å². The minimum Gasteiger partial charge on any atom is -0.495 e. The van der Waals surface area contributed by atoms with Crippen LogP contribution in [0.5, 0.6) is 5.75 Å². The molecular weight excluding hydrogens is 292 g/mol. The zero-order chi connectivity index (χ0) is 17.0. The number of aromatic nitrogens is 2. The first-order valence-corrected chi connectivity index (χ1v) is 7.47. The van der Waals surface area contributed by atoms with Gasteiger partial charge in [-0.3, -0.25) is 4.79 Å². The summed E-state index contributed by atoms with van der Waals surface area (Å²) >= 11 is 0. The monoisotopic (exact) mass is 314 g/mol. The van der Waals surface area contributed by atoms with Crippen molar-refractivity contribution in [3.8, 4) is 5.75 Å². The van der Waals surface area contributed by atoms with Crippen molar-refractivity contribution in [1.82, 2.24) is 9.97 Å². The Balaban J connectivity index is 2.27. The first kappa shape index (κ1) is 16.7. The number of hydrogen-bond acceptors (Lipinski definition) is 5. The molecule has 1 heterocycles. The number of carbonyl (C=O) groups is 1. The third-order valence-electron chi connectivity index (χ3n) is 3.11. The molecular formula is C17H22N4O2. The summed E-state index contributed by atoms with van der Waals surface area (Å²) < 4.78 is 5.28. The summed E-state index contributed by atoms with van der Waals surface area (Å²) in [5, 5.41) is 5.95. The Morgan fingerprint density at radius 1 is 1.17 bits per heavy atom. The van der Waals surface area contributed by atoms with Gasteiger partial charge in [0.1, 0.15) is 11.4 Å². The van der Waals surface area contributed by atoms with Gasteiger partial charge in [-0.15, -0.1) is 0 Å². The van der Waals surface area contributed by atoms with E-state index in [2.05, 4.69) is 20.6 Å². The molecule has 0 saturated heterocycles. The van der Waals surface area contributed by atoms with Crippen molar-refractivity contribution in [2.75, 3.05) is 17.7 Å². The second kappa shape index (κ2) is 7.09. The van der Waals surface area contributed by atoms with E-state index in [9.17, 15) is 4.79 Å². The van der Waals surface area contributed by atoms with E-state index in [1.807, 2.05) is 45.9 Å². The summed E-state index contributed by atoms with van der Waals surface area (Å²) in [6.07, 6.45) is 0. The molecule has 0 unspecified atom stereocenters. The number of anilines is 2. The summed E-state index contributed by atoms with van der Waals surface area (Å²) in [4.78, 5) is 21.1. The van der Waals surface area contributed by atoms with E-state index in [-0.39, 0.29) is 11.9 Å². The number of rotatable bonds is 5. The number of benzene rings is 1. The van der Waals surface area contributed by atoms with Crippen LogP contribution < -0.4 is 15.4 Å². The molecule has 23 heavy (non-hydrogen) atoms. The summed E-state index contributed by atoms with van der Waals surface area (Å²) in [7, 11) is 1.57. The number of aryl methyl sites for hydroxylation is 2. The van der Waals surface area contributed by atoms with Crippen LogP contribution >= 0.6 is 0 Å². The van der Waals surface area contributed by atoms with Crippen LogP contribution in [-0.4, -0.2) is 29.0 Å². The third-order valence-corrected chi connectivity index (χ3v) is 3.11. The van der Waals surface area contributed by atoms with Crippen molar-refractivity contribution in [1.29, 1.82) is 0 Å². The molecule has 0 bridgehead atoms. The Labute approximate surface area is 136 Å². The Kier molecular flexibility index (Phi) is 5.16. The molecule has 2 N–H and O–H groups in total. The van der Waals surface area contributed by atoms with Gasteiger partial charge in [0.2, 0.25) is 5.95 Å². The molecule has 1 aromatic carbocycles. The normalized spacial score (nSPS) is 10.5. The summed E-state index contributed by atoms with van der Waals surface area (Å²) in [6.45, 7) is 7.76. The largest absolute Gasteiger partial charge is 0.495 e. The van der Waals surface area contributed by atoms with Crippen LogP contribution in [0.4, 0.5) is 11.6 Å². The highest BCUT2D eigenvalue weighted by atomic mass is 16.5. The third kappa shape index (κ3) is 4.42. The van der Waals surface area contributed by atoms with Crippen molar-refractivity contribution in [2.45, 2.75) is 33.7 Å². The molecule has 0 fully saturated rings. The van der Waals surface area contributed by atoms with Crippen molar-refractivity contribution >= 4 is 17.5 Å². The van der Waals surface area contributed by atoms with Gasteiger partial charge in [-0.2, -0.15) is 0 Å². The molecule has 2 rings (SSSR count). The Hall–Kier alpha value is -2.63. The van der Waals surface area contributed by atoms with E-state index in [1.54, 1.807) is 13.2 Å². The molecule has 0 saturated carbocycles. The van der Waals surface area contributed by atoms with Gasteiger partial charge in [-0.25, -0.2) is 9.97 Å². The van der Waals surface area contributed by atoms with Crippen molar-refractivity contribution in [3.05, 3.63) is 41.2 Å². The van der Waals surface area contributed by atoms with E-state index < -0.39 is 0 Å². The molecule has 6 heteroatoms. The molecule has 2 aromatic rings. The lowest BCUT2D eigenvalue weighted by Crippen LogP contribution is -2.18. The van der Waals surface area contributed by atoms with E-state index in [4.69, 9.17) is 4.74 Å². The van der Waals surface area contributed by atoms with Gasteiger partial charge in [0.25, 0.3) is 5.91 Å². The van der Waals surface area contributed by atoms with Gasteiger partial charge in [-0.05, 0) is 51.5 Å². The molecule has 1 amide bonds. The highest BCUT2D eigenvalue weighted by molar-refractivity contribution is 6.04. The van der Waals surface area contributed by atoms with Crippen molar-refractivity contribution in [2.24, 2.45) is 0 Å². The second-order valence-electron chi connectivity index (χ2n) is 5.68. The standard InChI is InChI=1S/C17H22N4O2/c1-10(2)18-17-19-12(4)9-14(21-17)16(22)20-13-8-11(3)6-7-15(13)23-5/h6-10H,1-5H3,(H,20,22)(H,18,19,21). The zero-order valence-electron chi connectivity index (χ0n) is 14.1. The molecule has 0 spiro atoms. The summed E-state index contributed by atoms with van der Waals surface area (Å²) in [5.74, 6) is 0.753. The average molecular weight is 314 g/mol. The van der Waals surface area contributed by atoms with Gasteiger partial charge >= 0.3 is 0 Å². The predicted molar refractivity (Wildman–Crippen MR) is 91.2 cm³/mol. The quantitative estimate of drug-likeness (QED) is 0.886. The SMILES string of the molecule is COc1ccc(C)cc1NC(=O)c1cc(C)nc(NC(C)C)n1. The van der Waals surface area contributed by atoms with E-state index in [0.717, 1.165) is 11.3 Å². The van der Waals surface area contributed by atoms with Crippen LogP contribution in [0, 0.1) is 13.8 Å². The maximum atomic E-state index is 12.5. The minimum atomic E-state index is -0.300. The molecule has 122 valence electrons. The van der Waals surface area contributed by atoms with Crippen LogP contribution in [0.15, 0.2) is 24.3 Å². The Morgan fingerprint density at radius 3 is 2.57 bits per heavy atom. The number of nitrogens with zero attached hydrogens (tertiary/aromatic N) is 2. The fraction of sp³-hybridized carbons (Fsp3) is 0.353. The number of ether oxygens (including phenoxy) is 1. The first-order chi connectivity index (χ1) is 10.9. The van der Waals surface area contributed by atoms with Crippen molar-refractivity contribution in [3.63, 3.8) is 0 Å². The van der Waals surface area contributed by atoms with Crippen LogP contribution in [-0.2, 0) is 0 Å². The molecule has 0 aliphatic carbocycles. The summed E-state index contributed by atoms with van der Waals surface area (Å²) in [5.41, 5.74) is 2.68. The molecule has 1 aromatic heterocycles. The molecule has 0 radical (unpaired) electrons. The lowest BCUT2D eigenvalue weighted by atomic mass is 10.2. The highest BCUT2D eigenvalue weighted by Gasteiger charge is 2.14. The van der Waals surface area contributed by atoms with Crippen LogP contribution in [0.1, 0.15) is 35.6 Å². The number of carbonyl (C=O) groups excluding carboxylic acids is 1. The second-order valence-corrected chi connectivity index (χ2v) is 5.68. The van der Waals surface area contributed by atoms with Gasteiger partial charge in [0.05, 0.1) is 12.8 Å². The number of hydrogen-bond donors (Lipinski definition) is 2. The zero-order valence-corrected chi connectivity index (χ0v) is 14.1. The predicted octanol–water partition coefficient (Wildman–Crippen LogP) is 3.17. The maximum absolute atomic E-state index is 12.5.